The van der Waals surface area contributed by atoms with Gasteiger partial charge in [-0.25, -0.2) is 4.79 Å². The van der Waals surface area contributed by atoms with Crippen molar-refractivity contribution in [3.05, 3.63) is 77.8 Å². The van der Waals surface area contributed by atoms with E-state index in [0.29, 0.717) is 0 Å². The number of amides is 1. The Bertz CT molecular complexity index is 511. The van der Waals surface area contributed by atoms with Gasteiger partial charge in [0.2, 0.25) is 0 Å². The van der Waals surface area contributed by atoms with Gasteiger partial charge in [-0.2, -0.15) is 0 Å². The summed E-state index contributed by atoms with van der Waals surface area (Å²) in [6.45, 7) is 2.12. The number of benzene rings is 2. The monoisotopic (exact) mass is 254 g/mol. The number of ether oxygens (including phenoxy) is 1. The fraction of sp³-hybridized carbons (Fsp3) is 0.125. The summed E-state index contributed by atoms with van der Waals surface area (Å²) in [5, 5.41) is 2.72. The van der Waals surface area contributed by atoms with Crippen molar-refractivity contribution < 1.29 is 9.53 Å². The van der Waals surface area contributed by atoms with Gasteiger partial charge in [0.15, 0.2) is 0 Å². The van der Waals surface area contributed by atoms with Gasteiger partial charge in [-0.3, -0.25) is 0 Å². The minimum Gasteiger partial charge on any atom is -0.445 e. The van der Waals surface area contributed by atoms with Gasteiger partial charge in [0, 0.05) is 0 Å². The number of carbonyl (C=O) groups is 1. The van der Waals surface area contributed by atoms with E-state index in [1.165, 1.54) is 0 Å². The lowest BCUT2D eigenvalue weighted by Gasteiger charge is -2.13. The Labute approximate surface area is 113 Å². The third kappa shape index (κ3) is 4.14. The molecule has 1 amide bonds. The SMILES string of the molecule is C[C](NC(=O)OCc1ccccc1)c1ccccc1. The topological polar surface area (TPSA) is 38.3 Å². The molecule has 3 nitrogen and oxygen atoms in total. The van der Waals surface area contributed by atoms with Gasteiger partial charge in [0.05, 0.1) is 6.04 Å². The van der Waals surface area contributed by atoms with E-state index >= 15 is 0 Å². The lowest BCUT2D eigenvalue weighted by atomic mass is 10.1. The molecule has 0 aliphatic rings. The zero-order valence-corrected chi connectivity index (χ0v) is 10.8. The van der Waals surface area contributed by atoms with Crippen molar-refractivity contribution in [3.63, 3.8) is 0 Å². The van der Waals surface area contributed by atoms with Crippen molar-refractivity contribution in [2.24, 2.45) is 0 Å². The fourth-order valence-corrected chi connectivity index (χ4v) is 1.67. The highest BCUT2D eigenvalue weighted by molar-refractivity contribution is 5.69. The van der Waals surface area contributed by atoms with Crippen LogP contribution in [0.15, 0.2) is 60.7 Å². The average Bonchev–Trinajstić information content (AvgIpc) is 2.47. The van der Waals surface area contributed by atoms with Crippen LogP contribution in [0.3, 0.4) is 0 Å². The molecule has 19 heavy (non-hydrogen) atoms. The lowest BCUT2D eigenvalue weighted by molar-refractivity contribution is 0.141. The summed E-state index contributed by atoms with van der Waals surface area (Å²) in [5.41, 5.74) is 1.94. The van der Waals surface area contributed by atoms with Crippen molar-refractivity contribution in [2.75, 3.05) is 0 Å². The smallest absolute Gasteiger partial charge is 0.408 e. The summed E-state index contributed by atoms with van der Waals surface area (Å²) in [4.78, 5) is 11.6. The molecule has 2 rings (SSSR count). The third-order valence-electron chi connectivity index (χ3n) is 2.71. The second kappa shape index (κ2) is 6.59. The van der Waals surface area contributed by atoms with Crippen LogP contribution in [0.1, 0.15) is 18.1 Å². The fourth-order valence-electron chi connectivity index (χ4n) is 1.67. The van der Waals surface area contributed by atoms with Gasteiger partial charge >= 0.3 is 6.09 Å². The van der Waals surface area contributed by atoms with Gasteiger partial charge in [-0.1, -0.05) is 60.7 Å². The molecule has 0 aliphatic carbocycles. The first kappa shape index (κ1) is 13.1. The zero-order valence-electron chi connectivity index (χ0n) is 10.8. The van der Waals surface area contributed by atoms with Crippen LogP contribution in [0.25, 0.3) is 0 Å². The first-order valence-electron chi connectivity index (χ1n) is 6.12. The van der Waals surface area contributed by atoms with E-state index in [9.17, 15) is 4.79 Å². The number of nitrogens with one attached hydrogen (secondary N) is 1. The predicted molar refractivity (Wildman–Crippen MR) is 74.2 cm³/mol. The Balaban J connectivity index is 1.82. The van der Waals surface area contributed by atoms with Crippen molar-refractivity contribution >= 4 is 6.09 Å². The van der Waals surface area contributed by atoms with Gasteiger partial charge < -0.3 is 10.1 Å². The number of rotatable bonds is 4. The molecule has 0 heterocycles. The van der Waals surface area contributed by atoms with E-state index < -0.39 is 6.09 Å². The summed E-state index contributed by atoms with van der Waals surface area (Å²) in [5.74, 6) is 0. The van der Waals surface area contributed by atoms with Crippen LogP contribution in [0.5, 0.6) is 0 Å². The van der Waals surface area contributed by atoms with Gasteiger partial charge in [0.25, 0.3) is 0 Å². The molecule has 0 bridgehead atoms. The van der Waals surface area contributed by atoms with E-state index in [1.54, 1.807) is 0 Å². The number of hydrogen-bond donors (Lipinski definition) is 1. The Kier molecular flexibility index (Phi) is 4.56. The maximum atomic E-state index is 11.6. The molecule has 1 radical (unpaired) electrons. The highest BCUT2D eigenvalue weighted by Crippen LogP contribution is 2.10. The van der Waals surface area contributed by atoms with Crippen molar-refractivity contribution in [2.45, 2.75) is 13.5 Å². The molecule has 2 aromatic rings. The summed E-state index contributed by atoms with van der Waals surface area (Å²) >= 11 is 0. The van der Waals surface area contributed by atoms with Gasteiger partial charge in [-0.05, 0) is 18.1 Å². The molecular weight excluding hydrogens is 238 g/mol. The molecule has 0 fully saturated rings. The van der Waals surface area contributed by atoms with Crippen LogP contribution < -0.4 is 5.32 Å². The maximum Gasteiger partial charge on any atom is 0.408 e. The summed E-state index contributed by atoms with van der Waals surface area (Å²) in [6, 6.07) is 20.0. The average molecular weight is 254 g/mol. The van der Waals surface area contributed by atoms with E-state index in [1.807, 2.05) is 67.6 Å². The third-order valence-corrected chi connectivity index (χ3v) is 2.71. The van der Waals surface area contributed by atoms with Crippen molar-refractivity contribution in [1.82, 2.24) is 5.32 Å². The second-order valence-electron chi connectivity index (χ2n) is 4.18. The standard InChI is InChI=1S/C16H16NO2/c1-13(15-10-6-3-7-11-15)17-16(18)19-12-14-8-4-2-5-9-14/h2-11H,12H2,1H3,(H,17,18). The van der Waals surface area contributed by atoms with Crippen molar-refractivity contribution in [1.29, 1.82) is 0 Å². The molecule has 0 aliphatic heterocycles. The van der Waals surface area contributed by atoms with E-state index in [4.69, 9.17) is 4.74 Å². The molecule has 0 saturated carbocycles. The largest absolute Gasteiger partial charge is 0.445 e. The predicted octanol–water partition coefficient (Wildman–Crippen LogP) is 3.51. The highest BCUT2D eigenvalue weighted by Gasteiger charge is 2.10. The van der Waals surface area contributed by atoms with Gasteiger partial charge in [-0.15, -0.1) is 0 Å². The Morgan fingerprint density at radius 3 is 2.21 bits per heavy atom. The lowest BCUT2D eigenvalue weighted by Crippen LogP contribution is -2.27. The first-order valence-corrected chi connectivity index (χ1v) is 6.12. The summed E-state index contributed by atoms with van der Waals surface area (Å²) < 4.78 is 5.15. The summed E-state index contributed by atoms with van der Waals surface area (Å²) in [7, 11) is 0. The maximum absolute atomic E-state index is 11.6. The van der Waals surface area contributed by atoms with Crippen LogP contribution in [0.4, 0.5) is 4.79 Å². The Hall–Kier alpha value is -2.29. The molecule has 0 saturated heterocycles. The number of hydrogen-bond acceptors (Lipinski definition) is 2. The van der Waals surface area contributed by atoms with Crippen molar-refractivity contribution in [3.8, 4) is 0 Å². The molecule has 97 valence electrons. The van der Waals surface area contributed by atoms with Crippen LogP contribution in [0, 0.1) is 6.04 Å². The Morgan fingerprint density at radius 1 is 1.00 bits per heavy atom. The van der Waals surface area contributed by atoms with Crippen LogP contribution >= 0.6 is 0 Å². The van der Waals surface area contributed by atoms with Crippen LogP contribution in [0.2, 0.25) is 0 Å². The first-order chi connectivity index (χ1) is 9.25. The van der Waals surface area contributed by atoms with E-state index in [-0.39, 0.29) is 6.61 Å². The molecule has 0 aromatic heterocycles. The number of alkyl carbamates (subject to hydrolysis) is 1. The quantitative estimate of drug-likeness (QED) is 0.906. The minimum absolute atomic E-state index is 0.273. The van der Waals surface area contributed by atoms with E-state index in [0.717, 1.165) is 17.2 Å². The molecular formula is C16H16NO2. The second-order valence-corrected chi connectivity index (χ2v) is 4.18. The van der Waals surface area contributed by atoms with Crippen LogP contribution in [-0.2, 0) is 11.3 Å². The van der Waals surface area contributed by atoms with Crippen LogP contribution in [-0.4, -0.2) is 6.09 Å². The normalized spacial score (nSPS) is 10.2. The zero-order chi connectivity index (χ0) is 13.5. The molecule has 0 unspecified atom stereocenters. The number of carbonyl (C=O) groups excluding carboxylic acids is 1. The Morgan fingerprint density at radius 2 is 1.58 bits per heavy atom. The molecule has 0 spiro atoms. The molecule has 3 heteroatoms. The van der Waals surface area contributed by atoms with E-state index in [2.05, 4.69) is 5.32 Å². The molecule has 2 aromatic carbocycles. The minimum atomic E-state index is -0.440. The van der Waals surface area contributed by atoms with Gasteiger partial charge in [0.1, 0.15) is 6.61 Å². The summed E-state index contributed by atoms with van der Waals surface area (Å²) in [6.07, 6.45) is -0.440. The molecule has 0 atom stereocenters. The molecule has 1 N–H and O–H groups in total. The highest BCUT2D eigenvalue weighted by atomic mass is 16.5.